The molecule has 1 aliphatic rings. The van der Waals surface area contributed by atoms with E-state index in [1.807, 2.05) is 26.5 Å². The molecule has 3 unspecified atom stereocenters. The zero-order valence-electron chi connectivity index (χ0n) is 20.0. The van der Waals surface area contributed by atoms with Crippen molar-refractivity contribution in [2.75, 3.05) is 27.5 Å². The Bertz CT molecular complexity index is 783. The molecule has 1 N–H and O–H groups in total. The van der Waals surface area contributed by atoms with E-state index in [1.54, 1.807) is 11.8 Å². The average Bonchev–Trinajstić information content (AvgIpc) is 3.10. The number of amidine groups is 1. The lowest BCUT2D eigenvalue weighted by molar-refractivity contribution is -0.673. The van der Waals surface area contributed by atoms with Crippen LogP contribution in [0.1, 0.15) is 58.7 Å². The largest absolute Gasteiger partial charge is 0.348 e. The van der Waals surface area contributed by atoms with E-state index < -0.39 is 0 Å². The fourth-order valence-corrected chi connectivity index (χ4v) is 4.66. The Hall–Kier alpha value is -1.75. The number of nitrogens with one attached hydrogen (secondary N) is 1. The van der Waals surface area contributed by atoms with Crippen molar-refractivity contribution in [3.8, 4) is 0 Å². The molecule has 1 aliphatic carbocycles. The van der Waals surface area contributed by atoms with Gasteiger partial charge >= 0.3 is 5.82 Å². The summed E-state index contributed by atoms with van der Waals surface area (Å²) in [5, 5.41) is 3.51. The second-order valence-corrected chi connectivity index (χ2v) is 10.2. The maximum absolute atomic E-state index is 5.50. The lowest BCUT2D eigenvalue weighted by Gasteiger charge is -2.31. The molecule has 1 aromatic heterocycles. The van der Waals surface area contributed by atoms with Crippen molar-refractivity contribution >= 4 is 25.3 Å². The van der Waals surface area contributed by atoms with Crippen LogP contribution in [0.15, 0.2) is 27.4 Å². The molecule has 0 radical (unpaired) electrons. The van der Waals surface area contributed by atoms with Crippen LogP contribution in [0.2, 0.25) is 0 Å². The molecule has 0 spiro atoms. The van der Waals surface area contributed by atoms with Crippen LogP contribution in [0.5, 0.6) is 0 Å². The number of imidazole rings is 1. The average molecular weight is 436 g/mol. The second kappa shape index (κ2) is 11.6. The number of aryl methyl sites for hydroxylation is 1. The van der Waals surface area contributed by atoms with Gasteiger partial charge in [-0.1, -0.05) is 20.8 Å². The van der Waals surface area contributed by atoms with Crippen molar-refractivity contribution in [1.29, 1.82) is 0 Å². The molecule has 7 nitrogen and oxygen atoms in total. The molecule has 1 fully saturated rings. The predicted octanol–water partition coefficient (Wildman–Crippen LogP) is 3.25. The predicted molar refractivity (Wildman–Crippen MR) is 129 cm³/mol. The monoisotopic (exact) mass is 435 g/mol. The number of hydrogen-bond acceptors (Lipinski definition) is 4. The van der Waals surface area contributed by atoms with Gasteiger partial charge in [0.1, 0.15) is 24.9 Å². The summed E-state index contributed by atoms with van der Waals surface area (Å²) in [6, 6.07) is 0.565. The molecule has 1 aromatic rings. The van der Waals surface area contributed by atoms with Crippen LogP contribution < -0.4 is 14.5 Å². The van der Waals surface area contributed by atoms with E-state index in [2.05, 4.69) is 48.7 Å². The van der Waals surface area contributed by atoms with Crippen molar-refractivity contribution in [2.24, 2.45) is 27.9 Å². The topological polar surface area (TPSA) is 67.1 Å². The van der Waals surface area contributed by atoms with Gasteiger partial charge in [0.05, 0.1) is 24.8 Å². The minimum absolute atomic E-state index is 0.266. The summed E-state index contributed by atoms with van der Waals surface area (Å²) >= 11 is 0. The Labute approximate surface area is 183 Å². The number of aliphatic imine (C=N–C) groups is 3. The first-order chi connectivity index (χ1) is 14.3. The number of aromatic nitrogens is 2. The summed E-state index contributed by atoms with van der Waals surface area (Å²) in [5.41, 5.74) is 2.17. The zero-order valence-corrected chi connectivity index (χ0v) is 20.9. The van der Waals surface area contributed by atoms with E-state index in [0.717, 1.165) is 55.2 Å². The molecule has 8 heteroatoms. The van der Waals surface area contributed by atoms with Gasteiger partial charge in [0.15, 0.2) is 6.20 Å². The lowest BCUT2D eigenvalue weighted by atomic mass is 9.83. The molecule has 1 heterocycles. The molecular formula is C22H40N6OP+. The van der Waals surface area contributed by atoms with Crippen LogP contribution in [0.4, 0.5) is 0 Å². The highest BCUT2D eigenvalue weighted by Gasteiger charge is 2.30. The normalized spacial score (nSPS) is 23.8. The molecule has 0 aliphatic heterocycles. The fraction of sp³-hybridized carbons (Fsp3) is 0.727. The van der Waals surface area contributed by atoms with E-state index in [4.69, 9.17) is 14.8 Å². The molecule has 1 saturated carbocycles. The molecule has 30 heavy (non-hydrogen) atoms. The van der Waals surface area contributed by atoms with Crippen molar-refractivity contribution < 1.29 is 9.40 Å². The molecule has 0 amide bonds. The Kier molecular flexibility index (Phi) is 9.47. The van der Waals surface area contributed by atoms with Gasteiger partial charge < -0.3 is 9.92 Å². The highest BCUT2D eigenvalue weighted by Crippen LogP contribution is 2.30. The van der Waals surface area contributed by atoms with Crippen LogP contribution in [0.3, 0.4) is 0 Å². The SMILES string of the molecule is CC/C(=N/C1CC(/N=C(CC)/C(=N\C)NP(C)C)CCC1C)c1n(OC)cc[n+]1C. The molecule has 0 aromatic carbocycles. The highest BCUT2D eigenvalue weighted by atomic mass is 31.1. The van der Waals surface area contributed by atoms with Gasteiger partial charge in [0, 0.05) is 7.05 Å². The van der Waals surface area contributed by atoms with Crippen LogP contribution in [0, 0.1) is 5.92 Å². The van der Waals surface area contributed by atoms with Gasteiger partial charge in [-0.15, -0.1) is 0 Å². The minimum atomic E-state index is -0.266. The number of nitrogens with zero attached hydrogens (tertiary/aromatic N) is 5. The minimum Gasteiger partial charge on any atom is -0.348 e. The summed E-state index contributed by atoms with van der Waals surface area (Å²) in [6.07, 6.45) is 8.93. The summed E-state index contributed by atoms with van der Waals surface area (Å²) in [4.78, 5) is 20.3. The molecule has 2 rings (SSSR count). The Balaban J connectivity index is 2.27. The van der Waals surface area contributed by atoms with Gasteiger partial charge in [-0.3, -0.25) is 15.0 Å². The Morgan fingerprint density at radius 1 is 1.27 bits per heavy atom. The summed E-state index contributed by atoms with van der Waals surface area (Å²) < 4.78 is 3.87. The van der Waals surface area contributed by atoms with E-state index in [-0.39, 0.29) is 14.1 Å². The first kappa shape index (κ1) is 24.5. The lowest BCUT2D eigenvalue weighted by Crippen LogP contribution is -2.38. The van der Waals surface area contributed by atoms with Crippen LogP contribution in [-0.4, -0.2) is 61.6 Å². The highest BCUT2D eigenvalue weighted by molar-refractivity contribution is 7.54. The van der Waals surface area contributed by atoms with Gasteiger partial charge in [-0.25, -0.2) is 4.57 Å². The van der Waals surface area contributed by atoms with Gasteiger partial charge in [0.2, 0.25) is 0 Å². The Morgan fingerprint density at radius 3 is 2.57 bits per heavy atom. The van der Waals surface area contributed by atoms with Gasteiger partial charge in [-0.05, 0) is 64.2 Å². The van der Waals surface area contributed by atoms with Crippen molar-refractivity contribution in [3.63, 3.8) is 0 Å². The van der Waals surface area contributed by atoms with Crippen LogP contribution in [0.25, 0.3) is 0 Å². The van der Waals surface area contributed by atoms with E-state index >= 15 is 0 Å². The van der Waals surface area contributed by atoms with Crippen molar-refractivity contribution in [3.05, 3.63) is 18.2 Å². The maximum atomic E-state index is 5.50. The molecular weight excluding hydrogens is 395 g/mol. The van der Waals surface area contributed by atoms with E-state index in [9.17, 15) is 0 Å². The fourth-order valence-electron chi connectivity index (χ4n) is 4.01. The standard InChI is InChI=1S/C22H40N6OP/c1-9-18(21(23-4)26-30(7)8)24-17-12-11-16(3)20(15-17)25-19(10-2)22-27(5)13-14-28(22)29-6/h13-14,16-17,20H,9-12,15H2,1-8H3,(H,23,26)/q+1/b24-18+,25-19-. The van der Waals surface area contributed by atoms with Crippen LogP contribution >= 0.6 is 8.07 Å². The van der Waals surface area contributed by atoms with Crippen LogP contribution in [-0.2, 0) is 7.05 Å². The summed E-state index contributed by atoms with van der Waals surface area (Å²) in [7, 11) is 5.31. The van der Waals surface area contributed by atoms with Crippen molar-refractivity contribution in [1.82, 2.24) is 9.82 Å². The van der Waals surface area contributed by atoms with E-state index in [0.29, 0.717) is 12.0 Å². The quantitative estimate of drug-likeness (QED) is 0.295. The maximum Gasteiger partial charge on any atom is 0.342 e. The molecule has 0 saturated heterocycles. The second-order valence-electron chi connectivity index (χ2n) is 8.19. The first-order valence-electron chi connectivity index (χ1n) is 11.0. The number of hydrogen-bond donors (Lipinski definition) is 1. The molecule has 0 bridgehead atoms. The Morgan fingerprint density at radius 2 is 2.00 bits per heavy atom. The molecule has 3 atom stereocenters. The third-order valence-electron chi connectivity index (χ3n) is 5.71. The summed E-state index contributed by atoms with van der Waals surface area (Å²) in [5.74, 6) is 2.51. The zero-order chi connectivity index (χ0) is 22.3. The third-order valence-corrected chi connectivity index (χ3v) is 6.36. The van der Waals surface area contributed by atoms with E-state index in [1.165, 1.54) is 0 Å². The van der Waals surface area contributed by atoms with Gasteiger partial charge in [-0.2, -0.15) is 0 Å². The first-order valence-corrected chi connectivity index (χ1v) is 13.2. The van der Waals surface area contributed by atoms with Crippen molar-refractivity contribution in [2.45, 2.75) is 65.0 Å². The third kappa shape index (κ3) is 6.13. The smallest absolute Gasteiger partial charge is 0.342 e. The number of rotatable bonds is 8. The van der Waals surface area contributed by atoms with Gasteiger partial charge in [0.25, 0.3) is 0 Å². The summed E-state index contributed by atoms with van der Waals surface area (Å²) in [6.45, 7) is 11.0. The molecule has 168 valence electrons.